The molecule has 0 aromatic carbocycles. The fraction of sp³-hybridized carbons (Fsp3) is 0.897. The first-order chi connectivity index (χ1) is 18.0. The molecule has 1 saturated heterocycles. The number of aliphatic hydroxyl groups is 5. The maximum Gasteiger partial charge on any atom is 0.331 e. The third-order valence-electron chi connectivity index (χ3n) is 12.1. The van der Waals surface area contributed by atoms with Crippen LogP contribution in [-0.4, -0.2) is 87.1 Å². The first-order valence-electron chi connectivity index (χ1n) is 14.6. The maximum atomic E-state index is 12.4. The van der Waals surface area contributed by atoms with Crippen molar-refractivity contribution in [1.29, 1.82) is 0 Å². The highest BCUT2D eigenvalue weighted by Crippen LogP contribution is 2.70. The standard InChI is InChI=1S/C29H44O9/c1-27-8-5-17(37-26-25(34)24(33)23(32)21(13-30)38-26)12-16(27)3-4-20-19(27)6-9-28(2)18(7-10-29(20,28)35)15-11-22(31)36-14-15/h11,16-21,23-26,30,32-35H,3-10,12-14H2,1-2H3/t16-,17+,18-,19+,20-,21-,23+,24+,25-,26-,27+,28-,29?/m1/s1. The molecular weight excluding hydrogens is 492 g/mol. The van der Waals surface area contributed by atoms with Gasteiger partial charge in [0.25, 0.3) is 0 Å². The number of ether oxygens (including phenoxy) is 3. The van der Waals surface area contributed by atoms with E-state index in [0.717, 1.165) is 63.4 Å². The zero-order valence-electron chi connectivity index (χ0n) is 22.5. The molecule has 0 aromatic rings. The Morgan fingerprint density at radius 3 is 2.47 bits per heavy atom. The van der Waals surface area contributed by atoms with Crippen LogP contribution in [0, 0.1) is 34.5 Å². The highest BCUT2D eigenvalue weighted by atomic mass is 16.7. The van der Waals surface area contributed by atoms with Crippen molar-refractivity contribution in [3.63, 3.8) is 0 Å². The normalized spacial score (nSPS) is 54.5. The molecule has 4 saturated carbocycles. The molecular formula is C29H44O9. The lowest BCUT2D eigenvalue weighted by molar-refractivity contribution is -0.317. The Morgan fingerprint density at radius 1 is 0.974 bits per heavy atom. The first-order valence-corrected chi connectivity index (χ1v) is 14.6. The number of hydrogen-bond acceptors (Lipinski definition) is 9. The summed E-state index contributed by atoms with van der Waals surface area (Å²) in [4.78, 5) is 11.8. The van der Waals surface area contributed by atoms with Gasteiger partial charge in [0.2, 0.25) is 0 Å². The van der Waals surface area contributed by atoms with Gasteiger partial charge in [0.1, 0.15) is 31.0 Å². The largest absolute Gasteiger partial charge is 0.458 e. The van der Waals surface area contributed by atoms with Crippen molar-refractivity contribution in [2.24, 2.45) is 34.5 Å². The molecule has 214 valence electrons. The fourth-order valence-electron chi connectivity index (χ4n) is 9.86. The Morgan fingerprint density at radius 2 is 1.76 bits per heavy atom. The van der Waals surface area contributed by atoms with Crippen molar-refractivity contribution in [2.75, 3.05) is 13.2 Å². The summed E-state index contributed by atoms with van der Waals surface area (Å²) in [5.41, 5.74) is 0.141. The quantitative estimate of drug-likeness (QED) is 0.266. The molecule has 5 N–H and O–H groups in total. The van der Waals surface area contributed by atoms with Gasteiger partial charge in [-0.25, -0.2) is 4.79 Å². The SMILES string of the molecule is C[C@]12CC[C@H](O[C@@H]3O[C@H](CO)[C@H](O)[C@H](O)[C@H]3O)C[C@H]1CC[C@@H]1[C@@H]2CC[C@]2(C)[C@@H](C3=CC(=O)OC3)CCC12O. The molecule has 0 radical (unpaired) electrons. The number of aliphatic hydroxyl groups excluding tert-OH is 4. The average Bonchev–Trinajstić information content (AvgIpc) is 3.44. The third kappa shape index (κ3) is 3.87. The van der Waals surface area contributed by atoms with E-state index >= 15 is 0 Å². The molecule has 0 spiro atoms. The van der Waals surface area contributed by atoms with Crippen LogP contribution in [0.15, 0.2) is 11.6 Å². The van der Waals surface area contributed by atoms with Gasteiger partial charge in [0.05, 0.1) is 18.3 Å². The number of fused-ring (bicyclic) bond motifs is 5. The molecule has 5 fully saturated rings. The van der Waals surface area contributed by atoms with Crippen LogP contribution in [0.2, 0.25) is 0 Å². The molecule has 9 nitrogen and oxygen atoms in total. The van der Waals surface area contributed by atoms with Crippen LogP contribution in [0.25, 0.3) is 0 Å². The van der Waals surface area contributed by atoms with Crippen LogP contribution >= 0.6 is 0 Å². The zero-order chi connectivity index (χ0) is 27.0. The molecule has 0 amide bonds. The van der Waals surface area contributed by atoms with Crippen LogP contribution in [0.4, 0.5) is 0 Å². The number of cyclic esters (lactones) is 1. The second-order valence-corrected chi connectivity index (χ2v) is 13.5. The van der Waals surface area contributed by atoms with E-state index in [1.165, 1.54) is 0 Å². The summed E-state index contributed by atoms with van der Waals surface area (Å²) in [6.07, 6.45) is 3.41. The number of hydrogen-bond donors (Lipinski definition) is 5. The lowest BCUT2D eigenvalue weighted by atomic mass is 9.43. The number of rotatable bonds is 4. The van der Waals surface area contributed by atoms with E-state index in [4.69, 9.17) is 14.2 Å². The predicted molar refractivity (Wildman–Crippen MR) is 134 cm³/mol. The topological polar surface area (TPSA) is 146 Å². The van der Waals surface area contributed by atoms with Gasteiger partial charge >= 0.3 is 5.97 Å². The van der Waals surface area contributed by atoms with Gasteiger partial charge in [0.15, 0.2) is 6.29 Å². The van der Waals surface area contributed by atoms with Gasteiger partial charge in [-0.15, -0.1) is 0 Å². The number of carbonyl (C=O) groups excluding carboxylic acids is 1. The zero-order valence-corrected chi connectivity index (χ0v) is 22.5. The van der Waals surface area contributed by atoms with Crippen LogP contribution in [-0.2, 0) is 19.0 Å². The predicted octanol–water partition coefficient (Wildman–Crippen LogP) is 1.43. The first kappa shape index (κ1) is 27.1. The van der Waals surface area contributed by atoms with Gasteiger partial charge in [-0.05, 0) is 92.4 Å². The summed E-state index contributed by atoms with van der Waals surface area (Å²) < 4.78 is 17.0. The van der Waals surface area contributed by atoms with Crippen molar-refractivity contribution in [1.82, 2.24) is 0 Å². The molecule has 0 bridgehead atoms. The van der Waals surface area contributed by atoms with Crippen molar-refractivity contribution in [3.05, 3.63) is 11.6 Å². The third-order valence-corrected chi connectivity index (χ3v) is 12.1. The Bertz CT molecular complexity index is 968. The molecule has 9 heteroatoms. The molecule has 6 aliphatic rings. The van der Waals surface area contributed by atoms with Crippen LogP contribution < -0.4 is 0 Å². The van der Waals surface area contributed by atoms with E-state index in [0.29, 0.717) is 18.4 Å². The van der Waals surface area contributed by atoms with Crippen molar-refractivity contribution < 1.29 is 44.5 Å². The molecule has 6 rings (SSSR count). The Labute approximate surface area is 224 Å². The van der Waals surface area contributed by atoms with E-state index in [1.54, 1.807) is 6.08 Å². The molecule has 1 unspecified atom stereocenters. The molecule has 0 aromatic heterocycles. The molecule has 13 atom stereocenters. The van der Waals surface area contributed by atoms with Gasteiger partial charge in [0, 0.05) is 11.5 Å². The van der Waals surface area contributed by atoms with Crippen LogP contribution in [0.1, 0.15) is 71.6 Å². The highest BCUT2D eigenvalue weighted by Gasteiger charge is 2.67. The summed E-state index contributed by atoms with van der Waals surface area (Å²) >= 11 is 0. The van der Waals surface area contributed by atoms with Gasteiger partial charge in [-0.2, -0.15) is 0 Å². The minimum absolute atomic E-state index is 0.0823. The Balaban J connectivity index is 1.15. The highest BCUT2D eigenvalue weighted by molar-refractivity contribution is 5.85. The van der Waals surface area contributed by atoms with Crippen molar-refractivity contribution >= 4 is 5.97 Å². The van der Waals surface area contributed by atoms with Gasteiger partial charge in [-0.1, -0.05) is 13.8 Å². The molecule has 4 aliphatic carbocycles. The summed E-state index contributed by atoms with van der Waals surface area (Å²) in [6, 6.07) is 0. The van der Waals surface area contributed by atoms with E-state index < -0.39 is 42.9 Å². The maximum absolute atomic E-state index is 12.4. The number of carbonyl (C=O) groups is 1. The van der Waals surface area contributed by atoms with Crippen molar-refractivity contribution in [3.8, 4) is 0 Å². The lowest BCUT2D eigenvalue weighted by Crippen LogP contribution is -2.63. The second kappa shape index (κ2) is 9.50. The fourth-order valence-corrected chi connectivity index (χ4v) is 9.86. The van der Waals surface area contributed by atoms with Crippen LogP contribution in [0.5, 0.6) is 0 Å². The van der Waals surface area contributed by atoms with E-state index in [9.17, 15) is 30.3 Å². The van der Waals surface area contributed by atoms with E-state index in [-0.39, 0.29) is 34.7 Å². The monoisotopic (exact) mass is 536 g/mol. The Kier molecular flexibility index (Phi) is 6.78. The molecule has 2 heterocycles. The summed E-state index contributed by atoms with van der Waals surface area (Å²) in [6.45, 7) is 4.52. The molecule has 2 aliphatic heterocycles. The van der Waals surface area contributed by atoms with E-state index in [2.05, 4.69) is 13.8 Å². The van der Waals surface area contributed by atoms with E-state index in [1.807, 2.05) is 0 Å². The van der Waals surface area contributed by atoms with Crippen molar-refractivity contribution in [2.45, 2.75) is 114 Å². The van der Waals surface area contributed by atoms with Gasteiger partial charge in [-0.3, -0.25) is 0 Å². The summed E-state index contributed by atoms with van der Waals surface area (Å²) in [5, 5.41) is 52.6. The number of esters is 1. The Hall–Kier alpha value is -1.07. The lowest BCUT2D eigenvalue weighted by Gasteiger charge is -2.64. The molecule has 38 heavy (non-hydrogen) atoms. The van der Waals surface area contributed by atoms with Crippen LogP contribution in [0.3, 0.4) is 0 Å². The summed E-state index contributed by atoms with van der Waals surface area (Å²) in [7, 11) is 0. The smallest absolute Gasteiger partial charge is 0.331 e. The minimum Gasteiger partial charge on any atom is -0.458 e. The summed E-state index contributed by atoms with van der Waals surface area (Å²) in [5.74, 6) is 0.994. The van der Waals surface area contributed by atoms with Gasteiger partial charge < -0.3 is 39.7 Å². The second-order valence-electron chi connectivity index (χ2n) is 13.5. The average molecular weight is 537 g/mol. The minimum atomic E-state index is -1.44.